The highest BCUT2D eigenvalue weighted by Gasteiger charge is 1.84. The monoisotopic (exact) mass is 153 g/mol. The number of hydrogen-bond acceptors (Lipinski definition) is 2. The Morgan fingerprint density at radius 1 is 1.18 bits per heavy atom. The van der Waals surface area contributed by atoms with Gasteiger partial charge in [-0.3, -0.25) is 4.79 Å². The van der Waals surface area contributed by atoms with Crippen LogP contribution in [0.15, 0.2) is 23.9 Å². The van der Waals surface area contributed by atoms with Crippen molar-refractivity contribution >= 4 is 5.78 Å². The molecule has 0 N–H and O–H groups in total. The van der Waals surface area contributed by atoms with Crippen LogP contribution < -0.4 is 0 Å². The molecule has 0 aromatic rings. The number of carbonyl (C=O) groups is 1. The van der Waals surface area contributed by atoms with Gasteiger partial charge in [-0.2, -0.15) is 0 Å². The Balaban J connectivity index is 4.05. The van der Waals surface area contributed by atoms with E-state index in [9.17, 15) is 4.79 Å². The minimum absolute atomic E-state index is 0.0801. The van der Waals surface area contributed by atoms with Crippen molar-refractivity contribution in [1.29, 1.82) is 0 Å². The Morgan fingerprint density at radius 2 is 1.73 bits per heavy atom. The van der Waals surface area contributed by atoms with Gasteiger partial charge in [-0.25, -0.2) is 0 Å². The molecule has 0 aliphatic rings. The quantitative estimate of drug-likeness (QED) is 0.453. The van der Waals surface area contributed by atoms with E-state index in [0.29, 0.717) is 0 Å². The Hall–Kier alpha value is -1.05. The third kappa shape index (κ3) is 6.84. The SMILES string of the molecule is CC(=O)/C=C/C(C)=C/N(C)C. The van der Waals surface area contributed by atoms with Crippen LogP contribution in [0, 0.1) is 0 Å². The molecular formula is C9H15NO. The van der Waals surface area contributed by atoms with Crippen molar-refractivity contribution in [3.63, 3.8) is 0 Å². The fourth-order valence-electron chi connectivity index (χ4n) is 0.699. The molecule has 2 heteroatoms. The first kappa shape index (κ1) is 9.95. The van der Waals surface area contributed by atoms with Gasteiger partial charge < -0.3 is 4.90 Å². The van der Waals surface area contributed by atoms with E-state index in [1.165, 1.54) is 0 Å². The second kappa shape index (κ2) is 4.72. The summed E-state index contributed by atoms with van der Waals surface area (Å²) in [5.41, 5.74) is 1.07. The van der Waals surface area contributed by atoms with Crippen LogP contribution in [0.5, 0.6) is 0 Å². The molecule has 11 heavy (non-hydrogen) atoms. The van der Waals surface area contributed by atoms with Gasteiger partial charge in [-0.1, -0.05) is 6.08 Å². The molecule has 0 aromatic carbocycles. The predicted octanol–water partition coefficient (Wildman–Crippen LogP) is 1.60. The summed E-state index contributed by atoms with van der Waals surface area (Å²) in [6, 6.07) is 0. The minimum Gasteiger partial charge on any atom is -0.383 e. The highest BCUT2D eigenvalue weighted by molar-refractivity contribution is 5.87. The Morgan fingerprint density at radius 3 is 2.09 bits per heavy atom. The number of hydrogen-bond donors (Lipinski definition) is 0. The first-order chi connectivity index (χ1) is 5.02. The summed E-state index contributed by atoms with van der Waals surface area (Å²) in [5, 5.41) is 0. The summed E-state index contributed by atoms with van der Waals surface area (Å²) < 4.78 is 0. The summed E-state index contributed by atoms with van der Waals surface area (Å²) in [6.07, 6.45) is 5.33. The van der Waals surface area contributed by atoms with Gasteiger partial charge in [-0.15, -0.1) is 0 Å². The Kier molecular flexibility index (Phi) is 4.27. The summed E-state index contributed by atoms with van der Waals surface area (Å²) in [5.74, 6) is 0.0801. The molecule has 0 bridgehead atoms. The second-order valence-electron chi connectivity index (χ2n) is 2.78. The zero-order valence-electron chi connectivity index (χ0n) is 7.59. The van der Waals surface area contributed by atoms with Gasteiger partial charge in [0.2, 0.25) is 0 Å². The number of carbonyl (C=O) groups excluding carboxylic acids is 1. The van der Waals surface area contributed by atoms with Gasteiger partial charge in [0, 0.05) is 20.3 Å². The van der Waals surface area contributed by atoms with Crippen LogP contribution in [-0.4, -0.2) is 24.8 Å². The molecule has 0 amide bonds. The molecule has 0 spiro atoms. The topological polar surface area (TPSA) is 20.3 Å². The lowest BCUT2D eigenvalue weighted by molar-refractivity contribution is -0.112. The second-order valence-corrected chi connectivity index (χ2v) is 2.78. The Labute approximate surface area is 68.2 Å². The maximum absolute atomic E-state index is 10.5. The van der Waals surface area contributed by atoms with Crippen molar-refractivity contribution in [3.05, 3.63) is 23.9 Å². The lowest BCUT2D eigenvalue weighted by Crippen LogP contribution is -2.01. The fourth-order valence-corrected chi connectivity index (χ4v) is 0.699. The number of rotatable bonds is 3. The fraction of sp³-hybridized carbons (Fsp3) is 0.444. The summed E-state index contributed by atoms with van der Waals surface area (Å²) in [6.45, 7) is 3.50. The maximum atomic E-state index is 10.5. The van der Waals surface area contributed by atoms with E-state index in [0.717, 1.165) is 5.57 Å². The molecule has 0 rings (SSSR count). The zero-order chi connectivity index (χ0) is 8.85. The summed E-state index contributed by atoms with van der Waals surface area (Å²) in [4.78, 5) is 12.5. The van der Waals surface area contributed by atoms with Gasteiger partial charge in [0.05, 0.1) is 0 Å². The van der Waals surface area contributed by atoms with Gasteiger partial charge in [0.25, 0.3) is 0 Å². The molecule has 0 radical (unpaired) electrons. The standard InChI is InChI=1S/C9H15NO/c1-8(7-10(3)4)5-6-9(2)11/h5-7H,1-4H3/b6-5+,8-7+. The number of ketones is 1. The number of allylic oxidation sites excluding steroid dienone is 3. The molecule has 0 fully saturated rings. The summed E-state index contributed by atoms with van der Waals surface area (Å²) in [7, 11) is 3.90. The van der Waals surface area contributed by atoms with E-state index in [2.05, 4.69) is 0 Å². The first-order valence-corrected chi connectivity index (χ1v) is 3.56. The molecule has 62 valence electrons. The summed E-state index contributed by atoms with van der Waals surface area (Å²) >= 11 is 0. The predicted molar refractivity (Wildman–Crippen MR) is 47.3 cm³/mol. The van der Waals surface area contributed by atoms with E-state index >= 15 is 0 Å². The van der Waals surface area contributed by atoms with Crippen LogP contribution in [-0.2, 0) is 4.79 Å². The van der Waals surface area contributed by atoms with Crippen molar-refractivity contribution in [3.8, 4) is 0 Å². The molecule has 0 aromatic heterocycles. The van der Waals surface area contributed by atoms with Gasteiger partial charge in [-0.05, 0) is 25.5 Å². The molecular weight excluding hydrogens is 138 g/mol. The molecule has 0 aliphatic carbocycles. The van der Waals surface area contributed by atoms with Crippen LogP contribution in [0.1, 0.15) is 13.8 Å². The third-order valence-electron chi connectivity index (χ3n) is 1.04. The molecule has 0 saturated heterocycles. The molecule has 0 aliphatic heterocycles. The average Bonchev–Trinajstić information content (AvgIpc) is 1.82. The van der Waals surface area contributed by atoms with Crippen molar-refractivity contribution in [1.82, 2.24) is 4.90 Å². The highest BCUT2D eigenvalue weighted by Crippen LogP contribution is 1.95. The molecule has 0 heterocycles. The maximum Gasteiger partial charge on any atom is 0.152 e. The zero-order valence-corrected chi connectivity index (χ0v) is 7.59. The molecule has 0 atom stereocenters. The molecule has 2 nitrogen and oxygen atoms in total. The smallest absolute Gasteiger partial charge is 0.152 e. The average molecular weight is 153 g/mol. The third-order valence-corrected chi connectivity index (χ3v) is 1.04. The number of nitrogens with zero attached hydrogens (tertiary/aromatic N) is 1. The van der Waals surface area contributed by atoms with Crippen molar-refractivity contribution < 1.29 is 4.79 Å². The van der Waals surface area contributed by atoms with Gasteiger partial charge >= 0.3 is 0 Å². The largest absolute Gasteiger partial charge is 0.383 e. The van der Waals surface area contributed by atoms with E-state index < -0.39 is 0 Å². The van der Waals surface area contributed by atoms with E-state index in [1.807, 2.05) is 38.2 Å². The van der Waals surface area contributed by atoms with Crippen molar-refractivity contribution in [2.24, 2.45) is 0 Å². The lowest BCUT2D eigenvalue weighted by Gasteiger charge is -2.04. The van der Waals surface area contributed by atoms with Gasteiger partial charge in [0.15, 0.2) is 5.78 Å². The van der Waals surface area contributed by atoms with Crippen LogP contribution >= 0.6 is 0 Å². The normalized spacial score (nSPS) is 12.2. The van der Waals surface area contributed by atoms with Crippen LogP contribution in [0.2, 0.25) is 0 Å². The first-order valence-electron chi connectivity index (χ1n) is 3.56. The van der Waals surface area contributed by atoms with Crippen LogP contribution in [0.4, 0.5) is 0 Å². The Bertz CT molecular complexity index is 190. The molecule has 0 saturated carbocycles. The van der Waals surface area contributed by atoms with E-state index in [-0.39, 0.29) is 5.78 Å². The van der Waals surface area contributed by atoms with Crippen molar-refractivity contribution in [2.45, 2.75) is 13.8 Å². The molecule has 0 unspecified atom stereocenters. The van der Waals surface area contributed by atoms with Crippen molar-refractivity contribution in [2.75, 3.05) is 14.1 Å². The van der Waals surface area contributed by atoms with E-state index in [1.54, 1.807) is 13.0 Å². The highest BCUT2D eigenvalue weighted by atomic mass is 16.1. The minimum atomic E-state index is 0.0801. The van der Waals surface area contributed by atoms with E-state index in [4.69, 9.17) is 0 Å². The van der Waals surface area contributed by atoms with Crippen LogP contribution in [0.25, 0.3) is 0 Å². The van der Waals surface area contributed by atoms with Gasteiger partial charge in [0.1, 0.15) is 0 Å². The van der Waals surface area contributed by atoms with Crippen LogP contribution in [0.3, 0.4) is 0 Å². The lowest BCUT2D eigenvalue weighted by atomic mass is 10.2.